The fraction of sp³-hybridized carbons (Fsp3) is 0.231. The van der Waals surface area contributed by atoms with Crippen LogP contribution in [0.15, 0.2) is 83.9 Å². The maximum atomic E-state index is 13.8. The second kappa shape index (κ2) is 10.0. The van der Waals surface area contributed by atoms with E-state index in [1.165, 1.54) is 0 Å². The average Bonchev–Trinajstić information content (AvgIpc) is 2.84. The van der Waals surface area contributed by atoms with Gasteiger partial charge in [0.2, 0.25) is 5.91 Å². The number of nitrogens with one attached hydrogen (secondary N) is 1. The third kappa shape index (κ3) is 4.44. The van der Waals surface area contributed by atoms with Crippen molar-refractivity contribution in [3.8, 4) is 11.3 Å². The van der Waals surface area contributed by atoms with Crippen LogP contribution in [0.3, 0.4) is 0 Å². The van der Waals surface area contributed by atoms with Gasteiger partial charge in [-0.05, 0) is 36.2 Å². The Morgan fingerprint density at radius 2 is 1.69 bits per heavy atom. The normalized spacial score (nSPS) is 11.9. The van der Waals surface area contributed by atoms with Gasteiger partial charge < -0.3 is 5.32 Å². The number of hydrogen-bond donors (Lipinski definition) is 1. The number of carbonyl (C=O) groups excluding carboxylic acids is 1. The van der Waals surface area contributed by atoms with E-state index in [2.05, 4.69) is 22.2 Å². The molecule has 0 aliphatic heterocycles. The van der Waals surface area contributed by atoms with Crippen molar-refractivity contribution in [2.75, 3.05) is 6.54 Å². The van der Waals surface area contributed by atoms with Gasteiger partial charge in [0.05, 0.1) is 11.0 Å². The highest BCUT2D eigenvalue weighted by Crippen LogP contribution is 2.24. The molecule has 4 aromatic rings. The first-order chi connectivity index (χ1) is 15.7. The highest BCUT2D eigenvalue weighted by molar-refractivity contribution is 5.87. The van der Waals surface area contributed by atoms with Crippen LogP contribution in [-0.2, 0) is 4.79 Å². The Morgan fingerprint density at radius 3 is 2.44 bits per heavy atom. The molecule has 0 saturated carbocycles. The van der Waals surface area contributed by atoms with Crippen molar-refractivity contribution in [2.45, 2.75) is 32.2 Å². The summed E-state index contributed by atoms with van der Waals surface area (Å²) in [5, 5.41) is 3.03. The van der Waals surface area contributed by atoms with E-state index in [1.807, 2.05) is 54.6 Å². The van der Waals surface area contributed by atoms with Crippen LogP contribution in [0.2, 0.25) is 0 Å². The van der Waals surface area contributed by atoms with E-state index < -0.39 is 6.04 Å². The molecule has 0 saturated heterocycles. The Kier molecular flexibility index (Phi) is 6.70. The smallest absolute Gasteiger partial charge is 0.278 e. The molecule has 0 aliphatic carbocycles. The topological polar surface area (TPSA) is 76.9 Å². The molecule has 1 N–H and O–H groups in total. The molecule has 162 valence electrons. The standard InChI is InChI=1S/C26H26N4O2/c1-2-3-9-16-28-25(31)24(20-14-17-27-18-15-20)30-22-13-8-7-12-21(22)29-23(26(30)32)19-10-5-4-6-11-19/h4-8,10-15,17-18,24H,2-3,9,16H2,1H3,(H,28,31). The van der Waals surface area contributed by atoms with Gasteiger partial charge >= 0.3 is 0 Å². The van der Waals surface area contributed by atoms with Crippen LogP contribution in [-0.4, -0.2) is 27.0 Å². The molecule has 0 bridgehead atoms. The van der Waals surface area contributed by atoms with E-state index in [-0.39, 0.29) is 11.5 Å². The number of carbonyl (C=O) groups is 1. The lowest BCUT2D eigenvalue weighted by Gasteiger charge is -2.22. The Labute approximate surface area is 187 Å². The molecule has 6 heteroatoms. The quantitative estimate of drug-likeness (QED) is 0.425. The van der Waals surface area contributed by atoms with Crippen LogP contribution in [0.5, 0.6) is 0 Å². The summed E-state index contributed by atoms with van der Waals surface area (Å²) < 4.78 is 1.56. The maximum absolute atomic E-state index is 13.8. The lowest BCUT2D eigenvalue weighted by atomic mass is 10.1. The predicted octanol–water partition coefficient (Wildman–Crippen LogP) is 4.35. The maximum Gasteiger partial charge on any atom is 0.278 e. The van der Waals surface area contributed by atoms with Gasteiger partial charge in [0.25, 0.3) is 5.56 Å². The van der Waals surface area contributed by atoms with Crippen LogP contribution >= 0.6 is 0 Å². The van der Waals surface area contributed by atoms with E-state index in [0.717, 1.165) is 19.3 Å². The SMILES string of the molecule is CCCCCNC(=O)C(c1ccncc1)n1c(=O)c(-c2ccccc2)nc2ccccc21. The summed E-state index contributed by atoms with van der Waals surface area (Å²) in [7, 11) is 0. The molecule has 0 aliphatic rings. The number of unbranched alkanes of at least 4 members (excludes halogenated alkanes) is 2. The minimum Gasteiger partial charge on any atom is -0.354 e. The Bertz CT molecular complexity index is 1250. The number of hydrogen-bond acceptors (Lipinski definition) is 4. The Morgan fingerprint density at radius 1 is 0.969 bits per heavy atom. The number of fused-ring (bicyclic) bond motifs is 1. The molecule has 1 amide bonds. The molecule has 0 spiro atoms. The zero-order valence-corrected chi connectivity index (χ0v) is 18.1. The molecular formula is C26H26N4O2. The molecular weight excluding hydrogens is 400 g/mol. The van der Waals surface area contributed by atoms with Crippen molar-refractivity contribution < 1.29 is 4.79 Å². The van der Waals surface area contributed by atoms with Crippen molar-refractivity contribution >= 4 is 16.9 Å². The lowest BCUT2D eigenvalue weighted by Crippen LogP contribution is -2.39. The molecule has 0 radical (unpaired) electrons. The molecule has 2 aromatic heterocycles. The van der Waals surface area contributed by atoms with Gasteiger partial charge in [-0.2, -0.15) is 0 Å². The summed E-state index contributed by atoms with van der Waals surface area (Å²) >= 11 is 0. The van der Waals surface area contributed by atoms with E-state index >= 15 is 0 Å². The minimum atomic E-state index is -0.831. The largest absolute Gasteiger partial charge is 0.354 e. The third-order valence-electron chi connectivity index (χ3n) is 5.45. The third-order valence-corrected chi connectivity index (χ3v) is 5.45. The Hall–Kier alpha value is -3.80. The van der Waals surface area contributed by atoms with E-state index in [9.17, 15) is 9.59 Å². The molecule has 2 aromatic carbocycles. The second-order valence-electron chi connectivity index (χ2n) is 7.67. The van der Waals surface area contributed by atoms with Crippen LogP contribution < -0.4 is 10.9 Å². The Balaban J connectivity index is 1.91. The first kappa shape index (κ1) is 21.4. The van der Waals surface area contributed by atoms with E-state index in [0.29, 0.717) is 34.4 Å². The first-order valence-corrected chi connectivity index (χ1v) is 10.9. The van der Waals surface area contributed by atoms with Crippen molar-refractivity contribution in [1.82, 2.24) is 19.9 Å². The van der Waals surface area contributed by atoms with Crippen LogP contribution in [0.25, 0.3) is 22.3 Å². The first-order valence-electron chi connectivity index (χ1n) is 10.9. The van der Waals surface area contributed by atoms with E-state index in [1.54, 1.807) is 29.1 Å². The fourth-order valence-corrected chi connectivity index (χ4v) is 3.84. The molecule has 6 nitrogen and oxygen atoms in total. The monoisotopic (exact) mass is 426 g/mol. The number of pyridine rings is 1. The van der Waals surface area contributed by atoms with Gasteiger partial charge in [0.15, 0.2) is 0 Å². The number of rotatable bonds is 8. The van der Waals surface area contributed by atoms with Gasteiger partial charge in [-0.1, -0.05) is 62.2 Å². The molecule has 4 rings (SSSR count). The lowest BCUT2D eigenvalue weighted by molar-refractivity contribution is -0.123. The van der Waals surface area contributed by atoms with Gasteiger partial charge in [0.1, 0.15) is 11.7 Å². The fourth-order valence-electron chi connectivity index (χ4n) is 3.84. The second-order valence-corrected chi connectivity index (χ2v) is 7.67. The summed E-state index contributed by atoms with van der Waals surface area (Å²) in [5.74, 6) is -0.218. The van der Waals surface area contributed by atoms with Gasteiger partial charge in [-0.15, -0.1) is 0 Å². The molecule has 1 atom stereocenters. The number of para-hydroxylation sites is 2. The van der Waals surface area contributed by atoms with Gasteiger partial charge in [-0.25, -0.2) is 4.98 Å². The minimum absolute atomic E-state index is 0.218. The molecule has 32 heavy (non-hydrogen) atoms. The summed E-state index contributed by atoms with van der Waals surface area (Å²) in [5.41, 5.74) is 2.70. The summed E-state index contributed by atoms with van der Waals surface area (Å²) in [6.45, 7) is 2.69. The highest BCUT2D eigenvalue weighted by Gasteiger charge is 2.27. The highest BCUT2D eigenvalue weighted by atomic mass is 16.2. The van der Waals surface area contributed by atoms with E-state index in [4.69, 9.17) is 0 Å². The van der Waals surface area contributed by atoms with Crippen molar-refractivity contribution in [3.05, 3.63) is 95.0 Å². The predicted molar refractivity (Wildman–Crippen MR) is 126 cm³/mol. The van der Waals surface area contributed by atoms with Crippen molar-refractivity contribution in [1.29, 1.82) is 0 Å². The summed E-state index contributed by atoms with van der Waals surface area (Å²) in [4.78, 5) is 36.0. The van der Waals surface area contributed by atoms with Crippen molar-refractivity contribution in [2.24, 2.45) is 0 Å². The van der Waals surface area contributed by atoms with Crippen LogP contribution in [0, 0.1) is 0 Å². The van der Waals surface area contributed by atoms with Crippen molar-refractivity contribution in [3.63, 3.8) is 0 Å². The number of aromatic nitrogens is 3. The van der Waals surface area contributed by atoms with Gasteiger partial charge in [-0.3, -0.25) is 19.1 Å². The molecule has 1 unspecified atom stereocenters. The number of nitrogens with zero attached hydrogens (tertiary/aromatic N) is 3. The zero-order chi connectivity index (χ0) is 22.3. The number of amides is 1. The zero-order valence-electron chi connectivity index (χ0n) is 18.1. The summed E-state index contributed by atoms with van der Waals surface area (Å²) in [6.07, 6.45) is 6.28. The molecule has 2 heterocycles. The van der Waals surface area contributed by atoms with Crippen LogP contribution in [0.4, 0.5) is 0 Å². The molecule has 0 fully saturated rings. The average molecular weight is 427 g/mol. The van der Waals surface area contributed by atoms with Gasteiger partial charge in [0, 0.05) is 24.5 Å². The van der Waals surface area contributed by atoms with Crippen LogP contribution in [0.1, 0.15) is 37.8 Å². The summed E-state index contributed by atoms with van der Waals surface area (Å²) in [6, 6.07) is 19.5. The number of benzene rings is 2.